The zero-order valence-corrected chi connectivity index (χ0v) is 21.2. The lowest BCUT2D eigenvalue weighted by molar-refractivity contribution is 0.533. The van der Waals surface area contributed by atoms with E-state index in [1.54, 1.807) is 0 Å². The van der Waals surface area contributed by atoms with E-state index in [0.29, 0.717) is 0 Å². The molecule has 0 saturated heterocycles. The van der Waals surface area contributed by atoms with Crippen LogP contribution in [0.1, 0.15) is 174 Å². The predicted molar refractivity (Wildman–Crippen MR) is 140 cm³/mol. The second kappa shape index (κ2) is 28.7. The molecule has 30 heavy (non-hydrogen) atoms. The molecular weight excluding hydrogens is 360 g/mol. The first-order chi connectivity index (χ1) is 14.9. The van der Waals surface area contributed by atoms with E-state index >= 15 is 0 Å². The molecule has 0 heteroatoms. The number of hydrogen-bond acceptors (Lipinski definition) is 0. The summed E-state index contributed by atoms with van der Waals surface area (Å²) in [6.45, 7) is 6.21. The van der Waals surface area contributed by atoms with Gasteiger partial charge in [-0.25, -0.2) is 0 Å². The molecule has 0 atom stereocenters. The Balaban J connectivity index is 3.05. The van der Waals surface area contributed by atoms with Crippen molar-refractivity contribution in [2.24, 2.45) is 0 Å². The smallest absolute Gasteiger partial charge is 0.0351 e. The molecule has 0 N–H and O–H groups in total. The van der Waals surface area contributed by atoms with Gasteiger partial charge in [0.25, 0.3) is 0 Å². The highest BCUT2D eigenvalue weighted by Crippen LogP contribution is 2.14. The Labute approximate surface area is 193 Å². The highest BCUT2D eigenvalue weighted by atomic mass is 14.0. The quantitative estimate of drug-likeness (QED) is 0.0965. The second-order valence-electron chi connectivity index (χ2n) is 9.68. The van der Waals surface area contributed by atoms with E-state index in [0.717, 1.165) is 6.42 Å². The lowest BCUT2D eigenvalue weighted by Gasteiger charge is -2.03. The number of allylic oxidation sites excluding steroid dienone is 2. The van der Waals surface area contributed by atoms with Crippen molar-refractivity contribution in [3.05, 3.63) is 19.1 Å². The summed E-state index contributed by atoms with van der Waals surface area (Å²) in [6, 6.07) is 0. The van der Waals surface area contributed by atoms with Gasteiger partial charge in [-0.05, 0) is 25.7 Å². The topological polar surface area (TPSA) is 0 Å². The largest absolute Gasteiger partial charge is 0.0885 e. The maximum atomic E-state index is 3.91. The highest BCUT2D eigenvalue weighted by molar-refractivity contribution is 4.81. The van der Waals surface area contributed by atoms with E-state index in [9.17, 15) is 0 Å². The molecule has 0 aromatic heterocycles. The van der Waals surface area contributed by atoms with E-state index in [-0.39, 0.29) is 0 Å². The SMILES string of the molecule is [CH2]CCCCCCCCCC/C=C/CCCCCCCCCCCCCCCCC. The van der Waals surface area contributed by atoms with Gasteiger partial charge >= 0.3 is 0 Å². The van der Waals surface area contributed by atoms with Crippen LogP contribution >= 0.6 is 0 Å². The first-order valence-corrected chi connectivity index (χ1v) is 14.4. The van der Waals surface area contributed by atoms with Gasteiger partial charge in [0.1, 0.15) is 0 Å². The monoisotopic (exact) mass is 419 g/mol. The Hall–Kier alpha value is -0.260. The van der Waals surface area contributed by atoms with Gasteiger partial charge < -0.3 is 0 Å². The van der Waals surface area contributed by atoms with Crippen molar-refractivity contribution in [1.82, 2.24) is 0 Å². The molecule has 0 aromatic carbocycles. The van der Waals surface area contributed by atoms with Crippen LogP contribution in [0.4, 0.5) is 0 Å². The Morgan fingerprint density at radius 3 is 0.933 bits per heavy atom. The first-order valence-electron chi connectivity index (χ1n) is 14.4. The van der Waals surface area contributed by atoms with Crippen LogP contribution in [0.3, 0.4) is 0 Å². The molecule has 0 unspecified atom stereocenters. The molecule has 0 fully saturated rings. The van der Waals surface area contributed by atoms with Gasteiger partial charge in [0, 0.05) is 0 Å². The average Bonchev–Trinajstić information content (AvgIpc) is 2.76. The summed E-state index contributed by atoms with van der Waals surface area (Å²) in [5.74, 6) is 0. The molecule has 0 nitrogen and oxygen atoms in total. The van der Waals surface area contributed by atoms with Gasteiger partial charge in [0.05, 0.1) is 0 Å². The number of rotatable bonds is 26. The third-order valence-electron chi connectivity index (χ3n) is 6.51. The minimum atomic E-state index is 1.12. The summed E-state index contributed by atoms with van der Waals surface area (Å²) in [6.07, 6.45) is 41.8. The minimum absolute atomic E-state index is 1.12. The Morgan fingerprint density at radius 2 is 0.633 bits per heavy atom. The van der Waals surface area contributed by atoms with Gasteiger partial charge in [0.2, 0.25) is 0 Å². The summed E-state index contributed by atoms with van der Waals surface area (Å²) in [5.41, 5.74) is 0. The number of unbranched alkanes of at least 4 members (excludes halogenated alkanes) is 24. The molecular formula is C30H59. The second-order valence-corrected chi connectivity index (χ2v) is 9.68. The molecule has 0 aromatic rings. The highest BCUT2D eigenvalue weighted by Gasteiger charge is 1.94. The molecule has 0 heterocycles. The fraction of sp³-hybridized carbons (Fsp3) is 0.900. The molecule has 0 spiro atoms. The molecule has 0 bridgehead atoms. The molecule has 179 valence electrons. The van der Waals surface area contributed by atoms with Gasteiger partial charge in [0.15, 0.2) is 0 Å². The van der Waals surface area contributed by atoms with Crippen molar-refractivity contribution in [2.45, 2.75) is 174 Å². The van der Waals surface area contributed by atoms with Crippen molar-refractivity contribution in [3.8, 4) is 0 Å². The van der Waals surface area contributed by atoms with Crippen molar-refractivity contribution >= 4 is 0 Å². The number of hydrogen-bond donors (Lipinski definition) is 0. The normalized spacial score (nSPS) is 11.7. The Kier molecular flexibility index (Phi) is 28.5. The van der Waals surface area contributed by atoms with Crippen LogP contribution in [-0.2, 0) is 0 Å². The van der Waals surface area contributed by atoms with Gasteiger partial charge in [-0.2, -0.15) is 0 Å². The molecule has 0 rings (SSSR count). The zero-order valence-electron chi connectivity index (χ0n) is 21.2. The maximum absolute atomic E-state index is 3.91. The van der Waals surface area contributed by atoms with Crippen molar-refractivity contribution in [3.63, 3.8) is 0 Å². The summed E-state index contributed by atoms with van der Waals surface area (Å²) in [7, 11) is 0. The van der Waals surface area contributed by atoms with E-state index in [4.69, 9.17) is 0 Å². The third-order valence-corrected chi connectivity index (χ3v) is 6.51. The van der Waals surface area contributed by atoms with Crippen LogP contribution in [-0.4, -0.2) is 0 Å². The summed E-state index contributed by atoms with van der Waals surface area (Å²) in [5, 5.41) is 0. The van der Waals surface area contributed by atoms with E-state index in [2.05, 4.69) is 26.0 Å². The fourth-order valence-corrected chi connectivity index (χ4v) is 4.37. The Bertz CT molecular complexity index is 303. The van der Waals surface area contributed by atoms with E-state index < -0.39 is 0 Å². The van der Waals surface area contributed by atoms with Gasteiger partial charge in [-0.1, -0.05) is 167 Å². The van der Waals surface area contributed by atoms with E-state index in [1.807, 2.05) is 0 Å². The molecule has 0 aliphatic heterocycles. The summed E-state index contributed by atoms with van der Waals surface area (Å²) >= 11 is 0. The van der Waals surface area contributed by atoms with Gasteiger partial charge in [-0.3, -0.25) is 0 Å². The molecule has 1 radical (unpaired) electrons. The average molecular weight is 420 g/mol. The van der Waals surface area contributed by atoms with Crippen LogP contribution in [0.2, 0.25) is 0 Å². The lowest BCUT2D eigenvalue weighted by atomic mass is 10.0. The van der Waals surface area contributed by atoms with E-state index in [1.165, 1.54) is 161 Å². The lowest BCUT2D eigenvalue weighted by Crippen LogP contribution is -1.83. The third kappa shape index (κ3) is 27.7. The minimum Gasteiger partial charge on any atom is -0.0885 e. The summed E-state index contributed by atoms with van der Waals surface area (Å²) in [4.78, 5) is 0. The predicted octanol–water partition coefficient (Wildman–Crippen LogP) is 11.5. The zero-order chi connectivity index (χ0) is 21.8. The van der Waals surface area contributed by atoms with Crippen molar-refractivity contribution < 1.29 is 0 Å². The van der Waals surface area contributed by atoms with Crippen LogP contribution in [0, 0.1) is 6.92 Å². The molecule has 0 aliphatic rings. The van der Waals surface area contributed by atoms with Crippen LogP contribution in [0.25, 0.3) is 0 Å². The Morgan fingerprint density at radius 1 is 0.367 bits per heavy atom. The molecule has 0 saturated carbocycles. The molecule has 0 amide bonds. The molecule has 0 aliphatic carbocycles. The van der Waals surface area contributed by atoms with Crippen LogP contribution < -0.4 is 0 Å². The first kappa shape index (κ1) is 29.7. The fourth-order valence-electron chi connectivity index (χ4n) is 4.37. The van der Waals surface area contributed by atoms with Crippen LogP contribution in [0.5, 0.6) is 0 Å². The van der Waals surface area contributed by atoms with Gasteiger partial charge in [-0.15, -0.1) is 0 Å². The van der Waals surface area contributed by atoms with Crippen molar-refractivity contribution in [1.29, 1.82) is 0 Å². The van der Waals surface area contributed by atoms with Crippen molar-refractivity contribution in [2.75, 3.05) is 0 Å². The standard InChI is InChI=1S/C30H59/c1-3-5-7-9-11-13-15-17-19-21-23-25-27-29-30-28-26-24-22-20-18-16-14-12-10-8-6-4-2/h23,25H,1,3-22,24,26-30H2,2H3/b25-23+. The van der Waals surface area contributed by atoms with Crippen LogP contribution in [0.15, 0.2) is 12.2 Å². The summed E-state index contributed by atoms with van der Waals surface area (Å²) < 4.78 is 0. The maximum Gasteiger partial charge on any atom is -0.0351 e.